The number of phenols is 2. The van der Waals surface area contributed by atoms with Gasteiger partial charge in [-0.25, -0.2) is 5.43 Å². The van der Waals surface area contributed by atoms with Crippen molar-refractivity contribution in [1.29, 1.82) is 0 Å². The van der Waals surface area contributed by atoms with Crippen molar-refractivity contribution in [1.82, 2.24) is 5.43 Å². The van der Waals surface area contributed by atoms with Gasteiger partial charge in [0.25, 0.3) is 5.91 Å². The van der Waals surface area contributed by atoms with Crippen molar-refractivity contribution in [3.63, 3.8) is 0 Å². The molecule has 0 aromatic heterocycles. The zero-order chi connectivity index (χ0) is 22.5. The summed E-state index contributed by atoms with van der Waals surface area (Å²) in [6.07, 6.45) is 2.38. The quantitative estimate of drug-likeness (QED) is 0.456. The molecule has 0 unspecified atom stereocenters. The summed E-state index contributed by atoms with van der Waals surface area (Å²) in [6, 6.07) is 10.5. The van der Waals surface area contributed by atoms with Crippen LogP contribution < -0.4 is 10.2 Å². The third-order valence-electron chi connectivity index (χ3n) is 4.71. The predicted octanol–water partition coefficient (Wildman–Crippen LogP) is 4.65. The maximum absolute atomic E-state index is 12.0. The Bertz CT molecular complexity index is 887. The molecule has 0 aliphatic carbocycles. The normalized spacial score (nSPS) is 12.2. The van der Waals surface area contributed by atoms with Crippen LogP contribution in [0, 0.1) is 12.3 Å². The van der Waals surface area contributed by atoms with E-state index in [4.69, 9.17) is 4.74 Å². The highest BCUT2D eigenvalue weighted by molar-refractivity contribution is 5.87. The van der Waals surface area contributed by atoms with E-state index >= 15 is 0 Å². The Morgan fingerprint density at radius 1 is 1.10 bits per heavy atom. The molecule has 6 nitrogen and oxygen atoms in total. The lowest BCUT2D eigenvalue weighted by molar-refractivity contribution is -0.123. The summed E-state index contributed by atoms with van der Waals surface area (Å²) in [5, 5.41) is 23.1. The van der Waals surface area contributed by atoms with Crippen LogP contribution in [0.1, 0.15) is 57.7 Å². The minimum Gasteiger partial charge on any atom is -0.508 e. The second kappa shape index (κ2) is 9.20. The number of nitrogens with zero attached hydrogens (tertiary/aromatic N) is 1. The van der Waals surface area contributed by atoms with Crippen molar-refractivity contribution < 1.29 is 19.7 Å². The molecular formula is C24H32N2O4. The van der Waals surface area contributed by atoms with Crippen LogP contribution in [-0.2, 0) is 10.2 Å². The molecular weight excluding hydrogens is 380 g/mol. The predicted molar refractivity (Wildman–Crippen MR) is 119 cm³/mol. The maximum atomic E-state index is 12.0. The van der Waals surface area contributed by atoms with Crippen LogP contribution in [0.3, 0.4) is 0 Å². The van der Waals surface area contributed by atoms with Crippen LogP contribution in [0.15, 0.2) is 41.5 Å². The lowest BCUT2D eigenvalue weighted by Crippen LogP contribution is -2.25. The number of hydrogen-bond acceptors (Lipinski definition) is 5. The van der Waals surface area contributed by atoms with Gasteiger partial charge in [0.2, 0.25) is 0 Å². The van der Waals surface area contributed by atoms with Crippen molar-refractivity contribution in [2.45, 2.75) is 53.4 Å². The highest BCUT2D eigenvalue weighted by atomic mass is 16.5. The average Bonchev–Trinajstić information content (AvgIpc) is 2.60. The molecule has 2 aromatic carbocycles. The van der Waals surface area contributed by atoms with Gasteiger partial charge in [-0.2, -0.15) is 5.10 Å². The van der Waals surface area contributed by atoms with Crippen LogP contribution >= 0.6 is 0 Å². The number of carbonyl (C=O) groups is 1. The van der Waals surface area contributed by atoms with E-state index in [1.54, 1.807) is 6.92 Å². The van der Waals surface area contributed by atoms with Crippen molar-refractivity contribution in [2.75, 3.05) is 6.61 Å². The van der Waals surface area contributed by atoms with E-state index in [0.717, 1.165) is 6.42 Å². The van der Waals surface area contributed by atoms with E-state index < -0.39 is 5.91 Å². The summed E-state index contributed by atoms with van der Waals surface area (Å²) < 4.78 is 5.53. The van der Waals surface area contributed by atoms with Crippen molar-refractivity contribution >= 4 is 12.1 Å². The van der Waals surface area contributed by atoms with Gasteiger partial charge < -0.3 is 14.9 Å². The van der Waals surface area contributed by atoms with Gasteiger partial charge in [-0.3, -0.25) is 4.79 Å². The van der Waals surface area contributed by atoms with Gasteiger partial charge in [-0.05, 0) is 53.5 Å². The minimum absolute atomic E-state index is 0.0348. The molecule has 0 heterocycles. The number of carbonyl (C=O) groups excluding carboxylic acids is 1. The number of nitrogens with one attached hydrogen (secondary N) is 1. The highest BCUT2D eigenvalue weighted by Crippen LogP contribution is 2.36. The monoisotopic (exact) mass is 412 g/mol. The zero-order valence-corrected chi connectivity index (χ0v) is 18.6. The zero-order valence-electron chi connectivity index (χ0n) is 18.6. The minimum atomic E-state index is -0.417. The van der Waals surface area contributed by atoms with Crippen LogP contribution in [0.2, 0.25) is 0 Å². The Morgan fingerprint density at radius 3 is 2.30 bits per heavy atom. The molecule has 1 amide bonds. The number of hydrogen-bond donors (Lipinski definition) is 3. The number of ether oxygens (including phenoxy) is 1. The standard InChI is InChI=1S/C24H32N2O4/c1-16-11-18(27)12-21(28)20(16)13-25-26-22(29)14-30-19-9-7-17(8-10-19)24(5,6)15-23(2,3)4/h7-13,27-28H,14-15H2,1-6H3,(H,26,29). The molecule has 0 bridgehead atoms. The fraction of sp³-hybridized carbons (Fsp3) is 0.417. The number of aryl methyl sites for hydroxylation is 1. The fourth-order valence-corrected chi connectivity index (χ4v) is 3.71. The first-order valence-corrected chi connectivity index (χ1v) is 9.95. The summed E-state index contributed by atoms with van der Waals surface area (Å²) in [5.41, 5.74) is 4.91. The number of phenolic OH excluding ortho intramolecular Hbond substituents is 2. The number of amides is 1. The topological polar surface area (TPSA) is 91.1 Å². The first-order chi connectivity index (χ1) is 13.9. The van der Waals surface area contributed by atoms with Crippen LogP contribution in [-0.4, -0.2) is 28.9 Å². The van der Waals surface area contributed by atoms with Gasteiger partial charge in [0.05, 0.1) is 6.21 Å². The maximum Gasteiger partial charge on any atom is 0.277 e. The second-order valence-electron chi connectivity index (χ2n) is 9.42. The van der Waals surface area contributed by atoms with Gasteiger partial charge in [-0.15, -0.1) is 0 Å². The number of hydrazone groups is 1. The summed E-state index contributed by atoms with van der Waals surface area (Å²) in [6.45, 7) is 12.7. The van der Waals surface area contributed by atoms with Gasteiger partial charge in [-0.1, -0.05) is 46.8 Å². The molecule has 0 fully saturated rings. The lowest BCUT2D eigenvalue weighted by atomic mass is 9.72. The molecule has 162 valence electrons. The number of aromatic hydroxyl groups is 2. The Labute approximate surface area is 178 Å². The van der Waals surface area contributed by atoms with E-state index in [-0.39, 0.29) is 28.9 Å². The van der Waals surface area contributed by atoms with Crippen molar-refractivity contribution in [3.05, 3.63) is 53.1 Å². The summed E-state index contributed by atoms with van der Waals surface area (Å²) in [5.74, 6) is 0.0411. The van der Waals surface area contributed by atoms with Gasteiger partial charge >= 0.3 is 0 Å². The Morgan fingerprint density at radius 2 is 1.73 bits per heavy atom. The molecule has 2 aromatic rings. The smallest absolute Gasteiger partial charge is 0.277 e. The molecule has 3 N–H and O–H groups in total. The second-order valence-corrected chi connectivity index (χ2v) is 9.42. The molecule has 0 aliphatic heterocycles. The number of rotatable bonds is 7. The van der Waals surface area contributed by atoms with Crippen LogP contribution in [0.4, 0.5) is 0 Å². The SMILES string of the molecule is Cc1cc(O)cc(O)c1C=NNC(=O)COc1ccc(C(C)(C)CC(C)(C)C)cc1. The molecule has 0 saturated heterocycles. The number of benzene rings is 2. The molecule has 6 heteroatoms. The molecule has 0 radical (unpaired) electrons. The third kappa shape index (κ3) is 6.79. The molecule has 30 heavy (non-hydrogen) atoms. The first-order valence-electron chi connectivity index (χ1n) is 9.95. The van der Waals surface area contributed by atoms with Gasteiger partial charge in [0, 0.05) is 11.6 Å². The first kappa shape index (κ1) is 23.3. The molecule has 0 atom stereocenters. The Balaban J connectivity index is 1.89. The largest absolute Gasteiger partial charge is 0.508 e. The molecule has 0 aliphatic rings. The van der Waals surface area contributed by atoms with Gasteiger partial charge in [0.1, 0.15) is 17.2 Å². The van der Waals surface area contributed by atoms with E-state index in [1.165, 1.54) is 23.9 Å². The highest BCUT2D eigenvalue weighted by Gasteiger charge is 2.27. The van der Waals surface area contributed by atoms with Crippen LogP contribution in [0.25, 0.3) is 0 Å². The van der Waals surface area contributed by atoms with Crippen molar-refractivity contribution in [3.8, 4) is 17.2 Å². The molecule has 0 spiro atoms. The fourth-order valence-electron chi connectivity index (χ4n) is 3.71. The average molecular weight is 413 g/mol. The van der Waals surface area contributed by atoms with Crippen LogP contribution in [0.5, 0.6) is 17.2 Å². The Kier molecular flexibility index (Phi) is 7.13. The summed E-state index contributed by atoms with van der Waals surface area (Å²) in [7, 11) is 0. The van der Waals surface area contributed by atoms with E-state index in [1.807, 2.05) is 24.3 Å². The Hall–Kier alpha value is -3.02. The van der Waals surface area contributed by atoms with Crippen molar-refractivity contribution in [2.24, 2.45) is 10.5 Å². The van der Waals surface area contributed by atoms with E-state index in [0.29, 0.717) is 16.9 Å². The summed E-state index contributed by atoms with van der Waals surface area (Å²) in [4.78, 5) is 12.0. The van der Waals surface area contributed by atoms with E-state index in [9.17, 15) is 15.0 Å². The lowest BCUT2D eigenvalue weighted by Gasteiger charge is -2.33. The summed E-state index contributed by atoms with van der Waals surface area (Å²) >= 11 is 0. The molecule has 0 saturated carbocycles. The molecule has 2 rings (SSSR count). The third-order valence-corrected chi connectivity index (χ3v) is 4.71. The van der Waals surface area contributed by atoms with E-state index in [2.05, 4.69) is 45.1 Å². The van der Waals surface area contributed by atoms with Gasteiger partial charge in [0.15, 0.2) is 6.61 Å².